The van der Waals surface area contributed by atoms with Crippen molar-refractivity contribution in [3.63, 3.8) is 0 Å². The summed E-state index contributed by atoms with van der Waals surface area (Å²) in [4.78, 5) is 28.9. The molecule has 0 spiro atoms. The van der Waals surface area contributed by atoms with Gasteiger partial charge in [-0.2, -0.15) is 13.2 Å². The van der Waals surface area contributed by atoms with Crippen molar-refractivity contribution in [1.82, 2.24) is 9.88 Å². The maximum atomic E-state index is 13.1. The molecule has 3 rings (SSSR count). The van der Waals surface area contributed by atoms with Crippen molar-refractivity contribution >= 4 is 11.9 Å². The van der Waals surface area contributed by atoms with Crippen LogP contribution in [0.25, 0.3) is 0 Å². The summed E-state index contributed by atoms with van der Waals surface area (Å²) in [5, 5.41) is 9.17. The predicted molar refractivity (Wildman–Crippen MR) is 81.1 cm³/mol. The van der Waals surface area contributed by atoms with Gasteiger partial charge in [0.2, 0.25) is 0 Å². The first kappa shape index (κ1) is 16.9. The average Bonchev–Trinajstić information content (AvgIpc) is 2.59. The molecule has 0 aliphatic carbocycles. The van der Waals surface area contributed by atoms with Gasteiger partial charge in [-0.15, -0.1) is 0 Å². The molecule has 1 aromatic carbocycles. The smallest absolute Gasteiger partial charge is 0.417 e. The van der Waals surface area contributed by atoms with E-state index >= 15 is 0 Å². The third kappa shape index (κ3) is 3.19. The summed E-state index contributed by atoms with van der Waals surface area (Å²) in [5.74, 6) is -1.86. The highest BCUT2D eigenvalue weighted by Crippen LogP contribution is 2.33. The number of aromatic nitrogens is 1. The number of aromatic carboxylic acids is 1. The summed E-state index contributed by atoms with van der Waals surface area (Å²) in [6, 6.07) is 4.63. The molecule has 1 N–H and O–H groups in total. The lowest BCUT2D eigenvalue weighted by Crippen LogP contribution is -2.37. The van der Waals surface area contributed by atoms with E-state index in [-0.39, 0.29) is 25.1 Å². The Morgan fingerprint density at radius 3 is 2.52 bits per heavy atom. The summed E-state index contributed by atoms with van der Waals surface area (Å²) in [7, 11) is 0. The van der Waals surface area contributed by atoms with Gasteiger partial charge in [-0.1, -0.05) is 12.1 Å². The lowest BCUT2D eigenvalue weighted by Gasteiger charge is -2.30. The lowest BCUT2D eigenvalue weighted by molar-refractivity contribution is -0.138. The van der Waals surface area contributed by atoms with Gasteiger partial charge in [-0.25, -0.2) is 4.79 Å². The maximum absolute atomic E-state index is 13.1. The molecule has 0 unspecified atom stereocenters. The monoisotopic (exact) mass is 350 g/mol. The van der Waals surface area contributed by atoms with Crippen LogP contribution in [-0.4, -0.2) is 33.4 Å². The molecule has 0 saturated carbocycles. The Kier molecular flexibility index (Phi) is 4.20. The van der Waals surface area contributed by atoms with E-state index in [0.29, 0.717) is 11.1 Å². The summed E-state index contributed by atoms with van der Waals surface area (Å²) >= 11 is 0. The zero-order chi connectivity index (χ0) is 18.2. The Balaban J connectivity index is 1.92. The topological polar surface area (TPSA) is 70.5 Å². The van der Waals surface area contributed by atoms with E-state index in [1.165, 1.54) is 29.4 Å². The van der Waals surface area contributed by atoms with Gasteiger partial charge in [-0.05, 0) is 29.7 Å². The Bertz CT molecular complexity index is 849. The highest BCUT2D eigenvalue weighted by molar-refractivity contribution is 5.96. The quantitative estimate of drug-likeness (QED) is 0.904. The molecular formula is C17H13F3N2O3. The number of hydrogen-bond donors (Lipinski definition) is 1. The van der Waals surface area contributed by atoms with Crippen LogP contribution in [0.5, 0.6) is 0 Å². The Hall–Kier alpha value is -2.90. The van der Waals surface area contributed by atoms with Gasteiger partial charge in [0.05, 0.1) is 16.7 Å². The van der Waals surface area contributed by atoms with Gasteiger partial charge in [0.1, 0.15) is 0 Å². The van der Waals surface area contributed by atoms with Crippen LogP contribution in [0.3, 0.4) is 0 Å². The van der Waals surface area contributed by atoms with Gasteiger partial charge in [-0.3, -0.25) is 9.78 Å². The fourth-order valence-electron chi connectivity index (χ4n) is 2.94. The van der Waals surface area contributed by atoms with E-state index in [0.717, 1.165) is 12.1 Å². The maximum Gasteiger partial charge on any atom is 0.417 e. The van der Waals surface area contributed by atoms with Gasteiger partial charge in [0.25, 0.3) is 5.91 Å². The fraction of sp³-hybridized carbons (Fsp3) is 0.235. The second kappa shape index (κ2) is 6.19. The first-order chi connectivity index (χ1) is 11.8. The van der Waals surface area contributed by atoms with Gasteiger partial charge >= 0.3 is 12.1 Å². The Morgan fingerprint density at radius 1 is 1.12 bits per heavy atom. The first-order valence-electron chi connectivity index (χ1n) is 7.43. The molecule has 8 heteroatoms. The van der Waals surface area contributed by atoms with Crippen molar-refractivity contribution in [1.29, 1.82) is 0 Å². The van der Waals surface area contributed by atoms with Crippen LogP contribution in [0.2, 0.25) is 0 Å². The van der Waals surface area contributed by atoms with Crippen molar-refractivity contribution in [2.24, 2.45) is 0 Å². The molecule has 130 valence electrons. The van der Waals surface area contributed by atoms with E-state index in [1.807, 2.05) is 0 Å². The van der Waals surface area contributed by atoms with Crippen molar-refractivity contribution in [3.8, 4) is 0 Å². The van der Waals surface area contributed by atoms with Crippen LogP contribution >= 0.6 is 0 Å². The third-order valence-corrected chi connectivity index (χ3v) is 4.12. The number of carboxylic acid groups (broad SMARTS) is 1. The second-order valence-corrected chi connectivity index (χ2v) is 5.65. The van der Waals surface area contributed by atoms with Crippen LogP contribution in [0.15, 0.2) is 36.7 Å². The SMILES string of the molecule is O=C(O)c1cncc2c1CCN(C(=O)c1ccccc1C(F)(F)F)C2. The molecule has 0 radical (unpaired) electrons. The number of fused-ring (bicyclic) bond motifs is 1. The number of benzene rings is 1. The van der Waals surface area contributed by atoms with E-state index < -0.39 is 29.2 Å². The average molecular weight is 350 g/mol. The summed E-state index contributed by atoms with van der Waals surface area (Å²) in [6.45, 7) is 0.163. The highest BCUT2D eigenvalue weighted by Gasteiger charge is 2.36. The molecule has 1 aromatic heterocycles. The van der Waals surface area contributed by atoms with Gasteiger partial charge in [0, 0.05) is 25.5 Å². The van der Waals surface area contributed by atoms with Crippen molar-refractivity contribution < 1.29 is 27.9 Å². The van der Waals surface area contributed by atoms with E-state index in [4.69, 9.17) is 0 Å². The van der Waals surface area contributed by atoms with Crippen LogP contribution in [-0.2, 0) is 19.1 Å². The van der Waals surface area contributed by atoms with Gasteiger partial charge in [0.15, 0.2) is 0 Å². The minimum absolute atomic E-state index is 0.0223. The summed E-state index contributed by atoms with van der Waals surface area (Å²) < 4.78 is 39.3. The second-order valence-electron chi connectivity index (χ2n) is 5.65. The Morgan fingerprint density at radius 2 is 1.84 bits per heavy atom. The predicted octanol–water partition coefficient (Wildman–Crippen LogP) is 3.00. The van der Waals surface area contributed by atoms with Crippen LogP contribution < -0.4 is 0 Å². The molecule has 2 aromatic rings. The van der Waals surface area contributed by atoms with Crippen molar-refractivity contribution in [2.45, 2.75) is 19.1 Å². The minimum Gasteiger partial charge on any atom is -0.478 e. The molecule has 0 fully saturated rings. The number of pyridine rings is 1. The normalized spacial score (nSPS) is 14.1. The molecule has 0 atom stereocenters. The fourth-order valence-corrected chi connectivity index (χ4v) is 2.94. The molecule has 25 heavy (non-hydrogen) atoms. The number of hydrogen-bond acceptors (Lipinski definition) is 3. The van der Waals surface area contributed by atoms with Crippen LogP contribution in [0, 0.1) is 0 Å². The lowest BCUT2D eigenvalue weighted by atomic mass is 9.96. The number of carbonyl (C=O) groups is 2. The largest absolute Gasteiger partial charge is 0.478 e. The van der Waals surface area contributed by atoms with Crippen LogP contribution in [0.4, 0.5) is 13.2 Å². The molecule has 1 aliphatic heterocycles. The summed E-state index contributed by atoms with van der Waals surface area (Å²) in [6.07, 6.45) is -1.70. The molecular weight excluding hydrogens is 337 g/mol. The Labute approximate surface area is 140 Å². The van der Waals surface area contributed by atoms with Crippen LogP contribution in [0.1, 0.15) is 37.4 Å². The number of carboxylic acids is 1. The number of nitrogens with zero attached hydrogens (tertiary/aromatic N) is 2. The third-order valence-electron chi connectivity index (χ3n) is 4.12. The van der Waals surface area contributed by atoms with Crippen molar-refractivity contribution in [2.75, 3.05) is 6.54 Å². The zero-order valence-electron chi connectivity index (χ0n) is 12.9. The van der Waals surface area contributed by atoms with Crippen molar-refractivity contribution in [3.05, 3.63) is 64.5 Å². The first-order valence-corrected chi connectivity index (χ1v) is 7.43. The number of alkyl halides is 3. The van der Waals surface area contributed by atoms with E-state index in [2.05, 4.69) is 4.98 Å². The standard InChI is InChI=1S/C17H13F3N2O3/c18-17(19,20)14-4-2-1-3-12(14)15(23)22-6-5-11-10(9-22)7-21-8-13(11)16(24)25/h1-4,7-8H,5-6,9H2,(H,24,25). The number of rotatable bonds is 2. The molecule has 1 amide bonds. The molecule has 5 nitrogen and oxygen atoms in total. The molecule has 0 bridgehead atoms. The summed E-state index contributed by atoms with van der Waals surface area (Å²) in [5.41, 5.74) is -0.246. The molecule has 0 saturated heterocycles. The highest BCUT2D eigenvalue weighted by atomic mass is 19.4. The van der Waals surface area contributed by atoms with Gasteiger partial charge < -0.3 is 10.0 Å². The molecule has 2 heterocycles. The molecule has 1 aliphatic rings. The number of halogens is 3. The van der Waals surface area contributed by atoms with E-state index in [1.54, 1.807) is 0 Å². The number of amides is 1. The number of carbonyl (C=O) groups excluding carboxylic acids is 1. The minimum atomic E-state index is -4.63. The zero-order valence-corrected chi connectivity index (χ0v) is 12.9. The van der Waals surface area contributed by atoms with E-state index in [9.17, 15) is 27.9 Å².